The Bertz CT molecular complexity index is 354. The molecule has 0 aromatic heterocycles. The minimum atomic E-state index is -0.758. The molecule has 142 valence electrons. The van der Waals surface area contributed by atoms with E-state index >= 15 is 0 Å². The molecule has 0 aliphatic heterocycles. The molecule has 0 aromatic carbocycles. The Hall–Kier alpha value is -0.340. The minimum absolute atomic E-state index is 0.0313. The summed E-state index contributed by atoms with van der Waals surface area (Å²) in [7, 11) is 0. The number of hydrogen-bond donors (Lipinski definition) is 4. The van der Waals surface area contributed by atoms with Crippen LogP contribution in [0.1, 0.15) is 51.9 Å². The van der Waals surface area contributed by atoms with Crippen molar-refractivity contribution in [2.75, 3.05) is 19.0 Å². The molecule has 0 radical (unpaired) electrons. The van der Waals surface area contributed by atoms with E-state index in [4.69, 9.17) is 9.84 Å². The summed E-state index contributed by atoms with van der Waals surface area (Å²) in [6.45, 7) is 2.74. The zero-order valence-electron chi connectivity index (χ0n) is 14.5. The molecule has 1 saturated carbocycles. The summed E-state index contributed by atoms with van der Waals surface area (Å²) >= 11 is 1.52. The quantitative estimate of drug-likeness (QED) is 0.368. The average Bonchev–Trinajstić information content (AvgIpc) is 2.79. The van der Waals surface area contributed by atoms with Crippen LogP contribution in [0.25, 0.3) is 0 Å². The number of carbonyl (C=O) groups is 1. The number of unbranched alkanes of at least 4 members (excludes halogenated alkanes) is 3. The first-order valence-corrected chi connectivity index (χ1v) is 9.95. The normalized spacial score (nSPS) is 28.2. The summed E-state index contributed by atoms with van der Waals surface area (Å²) in [5.74, 6) is -0.237. The SMILES string of the molecule is CCOCC(O)CS[C@H]1C(O)CC(O)[C@@H]1CCCCCCC(=O)O. The number of aliphatic hydroxyl groups excluding tert-OH is 3. The van der Waals surface area contributed by atoms with E-state index in [0.717, 1.165) is 25.7 Å². The second kappa shape index (κ2) is 12.1. The summed E-state index contributed by atoms with van der Waals surface area (Å²) < 4.78 is 5.19. The molecule has 0 amide bonds. The number of thioether (sulfide) groups is 1. The van der Waals surface area contributed by atoms with Gasteiger partial charge >= 0.3 is 5.97 Å². The van der Waals surface area contributed by atoms with Crippen LogP contribution in [0.4, 0.5) is 0 Å². The molecule has 5 atom stereocenters. The lowest BCUT2D eigenvalue weighted by Gasteiger charge is -2.24. The zero-order chi connectivity index (χ0) is 17.9. The van der Waals surface area contributed by atoms with E-state index in [9.17, 15) is 20.1 Å². The Morgan fingerprint density at radius 3 is 2.58 bits per heavy atom. The van der Waals surface area contributed by atoms with Crippen LogP contribution in [0.2, 0.25) is 0 Å². The number of hydrogen-bond acceptors (Lipinski definition) is 6. The number of carboxylic acids is 1. The van der Waals surface area contributed by atoms with Gasteiger partial charge in [0.1, 0.15) is 0 Å². The van der Waals surface area contributed by atoms with Crippen LogP contribution in [0.3, 0.4) is 0 Å². The van der Waals surface area contributed by atoms with Gasteiger partial charge in [0, 0.05) is 30.5 Å². The largest absolute Gasteiger partial charge is 0.481 e. The predicted octanol–water partition coefficient (Wildman–Crippen LogP) is 1.65. The second-order valence-electron chi connectivity index (χ2n) is 6.49. The molecular formula is C17H32O6S. The highest BCUT2D eigenvalue weighted by atomic mass is 32.2. The van der Waals surface area contributed by atoms with Crippen LogP contribution in [0.5, 0.6) is 0 Å². The minimum Gasteiger partial charge on any atom is -0.481 e. The van der Waals surface area contributed by atoms with Gasteiger partial charge in [-0.05, 0) is 25.7 Å². The summed E-state index contributed by atoms with van der Waals surface area (Å²) in [6, 6.07) is 0. The molecular weight excluding hydrogens is 332 g/mol. The molecule has 0 heterocycles. The first-order chi connectivity index (χ1) is 11.5. The Kier molecular flexibility index (Phi) is 10.9. The van der Waals surface area contributed by atoms with Crippen LogP contribution in [-0.2, 0) is 9.53 Å². The molecule has 1 fully saturated rings. The Balaban J connectivity index is 2.30. The number of rotatable bonds is 13. The number of ether oxygens (including phenoxy) is 1. The lowest BCUT2D eigenvalue weighted by atomic mass is 9.97. The van der Waals surface area contributed by atoms with Crippen molar-refractivity contribution in [3.63, 3.8) is 0 Å². The molecule has 1 aliphatic carbocycles. The summed E-state index contributed by atoms with van der Waals surface area (Å²) in [5.41, 5.74) is 0. The van der Waals surface area contributed by atoms with E-state index in [-0.39, 0.29) is 17.6 Å². The standard InChI is InChI=1S/C17H32O6S/c1-2-23-10-12(18)11-24-17-13(14(19)9-15(17)20)7-5-3-4-6-8-16(21)22/h12-15,17-20H,2-11H2,1H3,(H,21,22)/t12?,13-,14?,15?,17+/m0/s1. The fourth-order valence-corrected chi connectivity index (χ4v) is 4.62. The van der Waals surface area contributed by atoms with Crippen molar-refractivity contribution in [2.45, 2.75) is 75.4 Å². The molecule has 3 unspecified atom stereocenters. The molecule has 0 aromatic rings. The van der Waals surface area contributed by atoms with E-state index in [1.807, 2.05) is 6.92 Å². The van der Waals surface area contributed by atoms with Gasteiger partial charge in [-0.3, -0.25) is 4.79 Å². The lowest BCUT2D eigenvalue weighted by molar-refractivity contribution is -0.137. The summed E-state index contributed by atoms with van der Waals surface area (Å²) in [5, 5.41) is 38.7. The van der Waals surface area contributed by atoms with Gasteiger partial charge in [-0.2, -0.15) is 11.8 Å². The lowest BCUT2D eigenvalue weighted by Crippen LogP contribution is -2.28. The predicted molar refractivity (Wildman–Crippen MR) is 94.2 cm³/mol. The van der Waals surface area contributed by atoms with Crippen molar-refractivity contribution in [3.05, 3.63) is 0 Å². The maximum absolute atomic E-state index is 10.5. The smallest absolute Gasteiger partial charge is 0.303 e. The fraction of sp³-hybridized carbons (Fsp3) is 0.941. The van der Waals surface area contributed by atoms with Crippen molar-refractivity contribution in [1.82, 2.24) is 0 Å². The third-order valence-electron chi connectivity index (χ3n) is 4.45. The van der Waals surface area contributed by atoms with Gasteiger partial charge in [-0.15, -0.1) is 0 Å². The molecule has 4 N–H and O–H groups in total. The van der Waals surface area contributed by atoms with Crippen molar-refractivity contribution < 1.29 is 30.0 Å². The molecule has 0 saturated heterocycles. The topological polar surface area (TPSA) is 107 Å². The molecule has 6 nitrogen and oxygen atoms in total. The average molecular weight is 365 g/mol. The van der Waals surface area contributed by atoms with Gasteiger partial charge in [0.25, 0.3) is 0 Å². The zero-order valence-corrected chi connectivity index (χ0v) is 15.3. The van der Waals surface area contributed by atoms with Gasteiger partial charge in [0.15, 0.2) is 0 Å². The monoisotopic (exact) mass is 364 g/mol. The van der Waals surface area contributed by atoms with E-state index < -0.39 is 24.3 Å². The van der Waals surface area contributed by atoms with Crippen LogP contribution in [0, 0.1) is 5.92 Å². The Morgan fingerprint density at radius 2 is 1.92 bits per heavy atom. The Labute approximate surface area is 148 Å². The van der Waals surface area contributed by atoms with Crippen molar-refractivity contribution in [3.8, 4) is 0 Å². The van der Waals surface area contributed by atoms with Crippen LogP contribution in [0.15, 0.2) is 0 Å². The third-order valence-corrected chi connectivity index (χ3v) is 6.08. The van der Waals surface area contributed by atoms with Gasteiger partial charge in [-0.1, -0.05) is 19.3 Å². The van der Waals surface area contributed by atoms with Crippen molar-refractivity contribution >= 4 is 17.7 Å². The van der Waals surface area contributed by atoms with Gasteiger partial charge in [0.05, 0.1) is 24.9 Å². The first-order valence-electron chi connectivity index (χ1n) is 8.91. The van der Waals surface area contributed by atoms with E-state index in [1.165, 1.54) is 11.8 Å². The van der Waals surface area contributed by atoms with Crippen LogP contribution >= 0.6 is 11.8 Å². The van der Waals surface area contributed by atoms with E-state index in [2.05, 4.69) is 0 Å². The van der Waals surface area contributed by atoms with Gasteiger partial charge in [0.2, 0.25) is 0 Å². The molecule has 1 aliphatic rings. The molecule has 1 rings (SSSR count). The Morgan fingerprint density at radius 1 is 1.21 bits per heavy atom. The maximum atomic E-state index is 10.5. The highest BCUT2D eigenvalue weighted by Crippen LogP contribution is 2.39. The maximum Gasteiger partial charge on any atom is 0.303 e. The van der Waals surface area contributed by atoms with Crippen molar-refractivity contribution in [2.24, 2.45) is 5.92 Å². The fourth-order valence-electron chi connectivity index (χ4n) is 3.19. The van der Waals surface area contributed by atoms with E-state index in [0.29, 0.717) is 31.8 Å². The molecule has 0 spiro atoms. The van der Waals surface area contributed by atoms with Crippen LogP contribution in [-0.4, -0.2) is 68.9 Å². The number of carboxylic acid groups (broad SMARTS) is 1. The van der Waals surface area contributed by atoms with Gasteiger partial charge in [-0.25, -0.2) is 0 Å². The number of aliphatic hydroxyl groups is 3. The summed E-state index contributed by atoms with van der Waals surface area (Å²) in [4.78, 5) is 10.5. The molecule has 7 heteroatoms. The van der Waals surface area contributed by atoms with Gasteiger partial charge < -0.3 is 25.2 Å². The third kappa shape index (κ3) is 8.16. The van der Waals surface area contributed by atoms with Crippen LogP contribution < -0.4 is 0 Å². The number of aliphatic carboxylic acids is 1. The second-order valence-corrected chi connectivity index (χ2v) is 7.70. The molecule has 0 bridgehead atoms. The molecule has 24 heavy (non-hydrogen) atoms. The van der Waals surface area contributed by atoms with Crippen molar-refractivity contribution in [1.29, 1.82) is 0 Å². The first kappa shape index (κ1) is 21.7. The highest BCUT2D eigenvalue weighted by Gasteiger charge is 2.41. The van der Waals surface area contributed by atoms with E-state index in [1.54, 1.807) is 0 Å². The highest BCUT2D eigenvalue weighted by molar-refractivity contribution is 8.00. The summed E-state index contributed by atoms with van der Waals surface area (Å²) in [6.07, 6.45) is 3.26.